The van der Waals surface area contributed by atoms with Crippen molar-refractivity contribution in [2.24, 2.45) is 0 Å². The van der Waals surface area contributed by atoms with E-state index in [-0.39, 0.29) is 36.5 Å². The number of ether oxygens (including phenoxy) is 1. The van der Waals surface area contributed by atoms with Gasteiger partial charge in [-0.2, -0.15) is 0 Å². The molecule has 2 aromatic rings. The quantitative estimate of drug-likeness (QED) is 0.382. The molecule has 0 spiro atoms. The summed E-state index contributed by atoms with van der Waals surface area (Å²) in [4.78, 5) is 23.8. The van der Waals surface area contributed by atoms with E-state index in [1.807, 2.05) is 0 Å². The van der Waals surface area contributed by atoms with Gasteiger partial charge < -0.3 is 20.6 Å². The van der Waals surface area contributed by atoms with Crippen molar-refractivity contribution in [2.75, 3.05) is 25.0 Å². The molecule has 9 nitrogen and oxygen atoms in total. The number of hydrogen-bond acceptors (Lipinski definition) is 7. The highest BCUT2D eigenvalue weighted by atomic mass is 79.9. The summed E-state index contributed by atoms with van der Waals surface area (Å²) in [6.07, 6.45) is 1.70. The van der Waals surface area contributed by atoms with E-state index in [9.17, 15) is 14.9 Å². The molecule has 134 valence electrons. The molecule has 3 N–H and O–H groups in total. The third kappa shape index (κ3) is 4.26. The molecule has 2 heterocycles. The van der Waals surface area contributed by atoms with E-state index in [4.69, 9.17) is 4.74 Å². The Bertz CT molecular complexity index is 835. The number of rotatable bonds is 5. The maximum atomic E-state index is 12.0. The Kier molecular flexibility index (Phi) is 5.49. The van der Waals surface area contributed by atoms with Crippen LogP contribution >= 0.6 is 15.9 Å². The van der Waals surface area contributed by atoms with Gasteiger partial charge in [-0.15, -0.1) is 4.73 Å². The number of carbonyl (C=O) groups is 1. The van der Waals surface area contributed by atoms with E-state index in [1.54, 1.807) is 18.2 Å². The lowest BCUT2D eigenvalue weighted by atomic mass is 10.1. The van der Waals surface area contributed by atoms with Crippen LogP contribution in [-0.4, -0.2) is 46.7 Å². The van der Waals surface area contributed by atoms with Gasteiger partial charge in [-0.25, -0.2) is 0 Å². The first kappa shape index (κ1) is 17.6. The predicted molar refractivity (Wildman–Crippen MR) is 93.1 cm³/mol. The molecule has 0 amide bonds. The molecule has 1 aliphatic rings. The molecule has 1 fully saturated rings. The number of piperidine rings is 1. The largest absolute Gasteiger partial charge is 0.462 e. The third-order valence-corrected chi connectivity index (χ3v) is 4.45. The highest BCUT2D eigenvalue weighted by Crippen LogP contribution is 2.17. The zero-order valence-electron chi connectivity index (χ0n) is 13.4. The summed E-state index contributed by atoms with van der Waals surface area (Å²) in [6, 6.07) is 4.85. The van der Waals surface area contributed by atoms with Crippen molar-refractivity contribution in [2.45, 2.75) is 25.4 Å². The molecule has 1 aromatic heterocycles. The van der Waals surface area contributed by atoms with Gasteiger partial charge in [-0.1, -0.05) is 15.9 Å². The number of esters is 1. The van der Waals surface area contributed by atoms with E-state index in [2.05, 4.69) is 31.7 Å². The van der Waals surface area contributed by atoms with Crippen molar-refractivity contribution in [3.05, 3.63) is 27.6 Å². The highest BCUT2D eigenvalue weighted by molar-refractivity contribution is 9.10. The zero-order chi connectivity index (χ0) is 17.8. The van der Waals surface area contributed by atoms with Crippen LogP contribution in [0, 0.1) is 4.91 Å². The van der Waals surface area contributed by atoms with Crippen LogP contribution in [0.2, 0.25) is 0 Å². The number of aromatic nitrogens is 3. The second kappa shape index (κ2) is 7.79. The van der Waals surface area contributed by atoms with Crippen LogP contribution in [0.1, 0.15) is 19.3 Å². The van der Waals surface area contributed by atoms with Crippen molar-refractivity contribution in [1.29, 1.82) is 0 Å². The maximum absolute atomic E-state index is 12.0. The van der Waals surface area contributed by atoms with E-state index >= 15 is 0 Å². The average Bonchev–Trinajstić information content (AvgIpc) is 2.60. The molecule has 0 atom stereocenters. The van der Waals surface area contributed by atoms with E-state index in [0.717, 1.165) is 30.7 Å². The second-order valence-corrected chi connectivity index (χ2v) is 6.67. The Hall–Kier alpha value is -2.20. The summed E-state index contributed by atoms with van der Waals surface area (Å²) in [6.45, 7) is 1.89. The van der Waals surface area contributed by atoms with Crippen LogP contribution in [0.3, 0.4) is 0 Å². The number of nitrogens with one attached hydrogen (secondary N) is 2. The fourth-order valence-electron chi connectivity index (χ4n) is 2.67. The number of halogens is 1. The first-order chi connectivity index (χ1) is 12.0. The van der Waals surface area contributed by atoms with Gasteiger partial charge in [-0.05, 0) is 38.1 Å². The van der Waals surface area contributed by atoms with Gasteiger partial charge in [0.05, 0.1) is 16.4 Å². The zero-order valence-corrected chi connectivity index (χ0v) is 15.0. The molecule has 0 radical (unpaired) electrons. The first-order valence-electron chi connectivity index (χ1n) is 8.03. The summed E-state index contributed by atoms with van der Waals surface area (Å²) >= 11 is 3.27. The van der Waals surface area contributed by atoms with Crippen molar-refractivity contribution in [3.63, 3.8) is 0 Å². The molecule has 0 aliphatic carbocycles. The number of carbonyl (C=O) groups excluding carboxylic acids is 1. The summed E-state index contributed by atoms with van der Waals surface area (Å²) in [7, 11) is 0. The molecule has 0 unspecified atom stereocenters. The second-order valence-electron chi connectivity index (χ2n) is 5.76. The molecule has 10 heteroatoms. The Balaban J connectivity index is 1.61. The van der Waals surface area contributed by atoms with Crippen LogP contribution in [0.4, 0.5) is 5.95 Å². The summed E-state index contributed by atoms with van der Waals surface area (Å²) in [5.74, 6) is -0.358. The van der Waals surface area contributed by atoms with Gasteiger partial charge in [-0.3, -0.25) is 4.79 Å². The molecule has 0 bridgehead atoms. The Labute approximate surface area is 151 Å². The van der Waals surface area contributed by atoms with Crippen LogP contribution in [-0.2, 0) is 9.53 Å². The minimum absolute atomic E-state index is 0.0421. The molecule has 1 aromatic carbocycles. The Morgan fingerprint density at radius 3 is 3.00 bits per heavy atom. The molecule has 3 rings (SSSR count). The van der Waals surface area contributed by atoms with Gasteiger partial charge >= 0.3 is 17.4 Å². The van der Waals surface area contributed by atoms with Crippen molar-refractivity contribution < 1.29 is 19.3 Å². The van der Waals surface area contributed by atoms with Crippen LogP contribution in [0.15, 0.2) is 22.7 Å². The number of fused-ring (bicyclic) bond motifs is 1. The average molecular weight is 413 g/mol. The minimum Gasteiger partial charge on any atom is -0.462 e. The Morgan fingerprint density at radius 2 is 2.24 bits per heavy atom. The number of benzene rings is 1. The summed E-state index contributed by atoms with van der Waals surface area (Å²) < 4.78 is 7.29. The number of nitrogens with zero attached hydrogens (tertiary/aromatic N) is 3. The van der Waals surface area contributed by atoms with Gasteiger partial charge in [0, 0.05) is 17.1 Å². The van der Waals surface area contributed by atoms with Crippen LogP contribution in [0.25, 0.3) is 11.0 Å². The molecule has 25 heavy (non-hydrogen) atoms. The number of anilines is 1. The summed E-state index contributed by atoms with van der Waals surface area (Å²) in [5, 5.41) is 19.9. The third-order valence-electron chi connectivity index (χ3n) is 3.95. The van der Waals surface area contributed by atoms with Gasteiger partial charge in [0.15, 0.2) is 10.1 Å². The SMILES string of the molecule is O=C(CCNc1n[n+](=O)c2cc(Br)ccc2n1O)OC1CCNCC1. The molecule has 0 saturated carbocycles. The maximum Gasteiger partial charge on any atom is 0.323 e. The lowest BCUT2D eigenvalue weighted by Gasteiger charge is -2.22. The predicted octanol–water partition coefficient (Wildman–Crippen LogP) is 1.05. The molecule has 1 saturated heterocycles. The van der Waals surface area contributed by atoms with Crippen LogP contribution in [0.5, 0.6) is 0 Å². The summed E-state index contributed by atoms with van der Waals surface area (Å²) in [5.41, 5.74) is 0.515. The smallest absolute Gasteiger partial charge is 0.323 e. The minimum atomic E-state index is -0.316. The standard InChI is InChI=1S/C15H19BrN5O4/c16-10-1-2-12-13(9-10)21(24)19-15(20(12)23)18-8-5-14(22)25-11-3-6-17-7-4-11/h1-2,9,11,17,23H,3-8H2,(H,18,19,24)/q+1. The van der Waals surface area contributed by atoms with Crippen molar-refractivity contribution >= 4 is 38.9 Å². The lowest BCUT2D eigenvalue weighted by molar-refractivity contribution is -0.535. The highest BCUT2D eigenvalue weighted by Gasteiger charge is 2.19. The lowest BCUT2D eigenvalue weighted by Crippen LogP contribution is -2.34. The fourth-order valence-corrected chi connectivity index (χ4v) is 3.02. The Morgan fingerprint density at radius 1 is 1.48 bits per heavy atom. The first-order valence-corrected chi connectivity index (χ1v) is 8.82. The normalized spacial score (nSPS) is 15.2. The van der Waals surface area contributed by atoms with Gasteiger partial charge in [0.1, 0.15) is 6.10 Å². The van der Waals surface area contributed by atoms with Gasteiger partial charge in [0.2, 0.25) is 0 Å². The fraction of sp³-hybridized carbons (Fsp3) is 0.467. The molecule has 1 aliphatic heterocycles. The van der Waals surface area contributed by atoms with Crippen molar-refractivity contribution in [1.82, 2.24) is 15.1 Å². The van der Waals surface area contributed by atoms with Crippen molar-refractivity contribution in [3.8, 4) is 0 Å². The van der Waals surface area contributed by atoms with E-state index < -0.39 is 0 Å². The topological polar surface area (TPSA) is 111 Å². The molecular formula is C15H19BrN5O4+. The monoisotopic (exact) mass is 412 g/mol. The van der Waals surface area contributed by atoms with E-state index in [0.29, 0.717) is 14.5 Å². The molecular weight excluding hydrogens is 394 g/mol. The number of hydrogen-bond donors (Lipinski definition) is 3. The van der Waals surface area contributed by atoms with E-state index in [1.165, 1.54) is 0 Å². The van der Waals surface area contributed by atoms with Crippen LogP contribution < -0.4 is 15.2 Å². The van der Waals surface area contributed by atoms with Gasteiger partial charge in [0.25, 0.3) is 0 Å².